The first-order valence-corrected chi connectivity index (χ1v) is 8.92. The molecule has 0 aromatic carbocycles. The standard InChI is InChI=1S/C13H14BrN3OS2.2ClH/c1-8-5-15-2-3-17(8)13(18)10-7-20-12(16-10)11-4-9(14)6-19-11;;/h4,6-8,15H,2-3,5H2,1H3;2*1H. The van der Waals surface area contributed by atoms with Crippen LogP contribution < -0.4 is 5.32 Å². The molecular weight excluding hydrogens is 429 g/mol. The van der Waals surface area contributed by atoms with E-state index in [2.05, 4.69) is 33.2 Å². The Morgan fingerprint density at radius 1 is 1.41 bits per heavy atom. The van der Waals surface area contributed by atoms with Crippen molar-refractivity contribution in [1.29, 1.82) is 0 Å². The molecule has 1 saturated heterocycles. The van der Waals surface area contributed by atoms with Crippen molar-refractivity contribution in [2.45, 2.75) is 13.0 Å². The van der Waals surface area contributed by atoms with Crippen molar-refractivity contribution in [2.24, 2.45) is 0 Å². The molecule has 2 aromatic heterocycles. The number of nitrogens with one attached hydrogen (secondary N) is 1. The highest BCUT2D eigenvalue weighted by Crippen LogP contribution is 2.32. The minimum absolute atomic E-state index is 0. The van der Waals surface area contributed by atoms with Gasteiger partial charge in [0.05, 0.1) is 4.88 Å². The van der Waals surface area contributed by atoms with E-state index >= 15 is 0 Å². The molecule has 22 heavy (non-hydrogen) atoms. The predicted molar refractivity (Wildman–Crippen MR) is 101 cm³/mol. The summed E-state index contributed by atoms with van der Waals surface area (Å²) < 4.78 is 1.05. The van der Waals surface area contributed by atoms with Crippen LogP contribution in [0.5, 0.6) is 0 Å². The molecule has 2 aromatic rings. The van der Waals surface area contributed by atoms with E-state index in [1.165, 1.54) is 11.3 Å². The topological polar surface area (TPSA) is 45.2 Å². The molecule has 1 aliphatic heterocycles. The van der Waals surface area contributed by atoms with Gasteiger partial charge in [-0.25, -0.2) is 4.98 Å². The number of thiazole rings is 1. The van der Waals surface area contributed by atoms with Crippen molar-refractivity contribution in [3.05, 3.63) is 27.0 Å². The van der Waals surface area contributed by atoms with Gasteiger partial charge >= 0.3 is 0 Å². The van der Waals surface area contributed by atoms with Gasteiger partial charge in [-0.2, -0.15) is 0 Å². The lowest BCUT2D eigenvalue weighted by Crippen LogP contribution is -2.52. The van der Waals surface area contributed by atoms with Crippen LogP contribution in [0.25, 0.3) is 9.88 Å². The lowest BCUT2D eigenvalue weighted by atomic mass is 10.2. The predicted octanol–water partition coefficient (Wildman–Crippen LogP) is 3.91. The van der Waals surface area contributed by atoms with E-state index in [0.717, 1.165) is 34.0 Å². The summed E-state index contributed by atoms with van der Waals surface area (Å²) in [6.45, 7) is 4.51. The van der Waals surface area contributed by atoms with Crippen molar-refractivity contribution in [3.63, 3.8) is 0 Å². The molecule has 3 rings (SSSR count). The summed E-state index contributed by atoms with van der Waals surface area (Å²) in [7, 11) is 0. The van der Waals surface area contributed by atoms with E-state index in [1.54, 1.807) is 11.3 Å². The molecule has 1 aliphatic rings. The fraction of sp³-hybridized carbons (Fsp3) is 0.385. The van der Waals surface area contributed by atoms with E-state index in [9.17, 15) is 4.79 Å². The number of hydrogen-bond donors (Lipinski definition) is 1. The monoisotopic (exact) mass is 443 g/mol. The van der Waals surface area contributed by atoms with Crippen LogP contribution in [0.4, 0.5) is 0 Å². The molecule has 122 valence electrons. The van der Waals surface area contributed by atoms with Gasteiger partial charge in [0.15, 0.2) is 0 Å². The third-order valence-corrected chi connectivity index (χ3v) is 5.97. The van der Waals surface area contributed by atoms with Gasteiger partial charge in [-0.3, -0.25) is 4.79 Å². The Morgan fingerprint density at radius 2 is 2.18 bits per heavy atom. The molecule has 9 heteroatoms. The van der Waals surface area contributed by atoms with Gasteiger partial charge < -0.3 is 10.2 Å². The second kappa shape index (κ2) is 8.61. The van der Waals surface area contributed by atoms with Crippen LogP contribution in [0, 0.1) is 0 Å². The SMILES string of the molecule is CC1CNCCN1C(=O)c1csc(-c2cc(Br)cs2)n1.Cl.Cl. The smallest absolute Gasteiger partial charge is 0.273 e. The van der Waals surface area contributed by atoms with Gasteiger partial charge in [0.1, 0.15) is 10.7 Å². The number of nitrogens with zero attached hydrogens (tertiary/aromatic N) is 2. The van der Waals surface area contributed by atoms with Crippen molar-refractivity contribution in [1.82, 2.24) is 15.2 Å². The molecule has 1 unspecified atom stereocenters. The maximum absolute atomic E-state index is 12.5. The zero-order valence-electron chi connectivity index (χ0n) is 11.7. The van der Waals surface area contributed by atoms with E-state index in [4.69, 9.17) is 0 Å². The van der Waals surface area contributed by atoms with Crippen LogP contribution in [-0.4, -0.2) is 41.5 Å². The molecule has 4 nitrogen and oxygen atoms in total. The molecular formula is C13H16BrCl2N3OS2. The summed E-state index contributed by atoms with van der Waals surface area (Å²) in [5.41, 5.74) is 0.559. The molecule has 0 spiro atoms. The summed E-state index contributed by atoms with van der Waals surface area (Å²) >= 11 is 6.60. The maximum Gasteiger partial charge on any atom is 0.273 e. The average Bonchev–Trinajstić information content (AvgIpc) is 3.07. The first-order chi connectivity index (χ1) is 9.65. The van der Waals surface area contributed by atoms with Crippen LogP contribution in [0.3, 0.4) is 0 Å². The van der Waals surface area contributed by atoms with E-state index < -0.39 is 0 Å². The van der Waals surface area contributed by atoms with E-state index in [0.29, 0.717) is 5.69 Å². The number of carbonyl (C=O) groups excluding carboxylic acids is 1. The molecule has 0 aliphatic carbocycles. The minimum atomic E-state index is 0. The highest BCUT2D eigenvalue weighted by molar-refractivity contribution is 9.10. The van der Waals surface area contributed by atoms with Gasteiger partial charge in [0.2, 0.25) is 0 Å². The van der Waals surface area contributed by atoms with Crippen molar-refractivity contribution < 1.29 is 4.79 Å². The van der Waals surface area contributed by atoms with Crippen molar-refractivity contribution >= 4 is 69.3 Å². The number of halogens is 3. The highest BCUT2D eigenvalue weighted by Gasteiger charge is 2.25. The number of amides is 1. The Balaban J connectivity index is 0.00000121. The number of rotatable bonds is 2. The molecule has 0 bridgehead atoms. The second-order valence-electron chi connectivity index (χ2n) is 4.72. The van der Waals surface area contributed by atoms with Gasteiger partial charge in [0, 0.05) is 40.9 Å². The second-order valence-corrected chi connectivity index (χ2v) is 7.40. The third kappa shape index (κ3) is 4.21. The van der Waals surface area contributed by atoms with Gasteiger partial charge in [-0.05, 0) is 28.9 Å². The van der Waals surface area contributed by atoms with Gasteiger partial charge in [-0.15, -0.1) is 47.5 Å². The number of aromatic nitrogens is 1. The lowest BCUT2D eigenvalue weighted by molar-refractivity contribution is 0.0650. The fourth-order valence-corrected chi connectivity index (χ4v) is 4.50. The zero-order chi connectivity index (χ0) is 14.1. The Bertz CT molecular complexity index is 634. The maximum atomic E-state index is 12.5. The quantitative estimate of drug-likeness (QED) is 0.763. The van der Waals surface area contributed by atoms with Crippen LogP contribution >= 0.6 is 63.4 Å². The average molecular weight is 445 g/mol. The molecule has 1 N–H and O–H groups in total. The van der Waals surface area contributed by atoms with Crippen LogP contribution in [0.1, 0.15) is 17.4 Å². The minimum Gasteiger partial charge on any atom is -0.332 e. The number of hydrogen-bond acceptors (Lipinski definition) is 5. The molecule has 1 atom stereocenters. The molecule has 3 heterocycles. The summed E-state index contributed by atoms with van der Waals surface area (Å²) in [5, 5.41) is 8.08. The third-order valence-electron chi connectivity index (χ3n) is 3.26. The normalized spacial score (nSPS) is 17.5. The Hall–Kier alpha value is -0.180. The first kappa shape index (κ1) is 19.9. The molecule has 1 fully saturated rings. The lowest BCUT2D eigenvalue weighted by Gasteiger charge is -2.33. The number of carbonyl (C=O) groups is 1. The molecule has 1 amide bonds. The fourth-order valence-electron chi connectivity index (χ4n) is 2.20. The summed E-state index contributed by atoms with van der Waals surface area (Å²) in [6.07, 6.45) is 0. The van der Waals surface area contributed by atoms with Gasteiger partial charge in [-0.1, -0.05) is 0 Å². The summed E-state index contributed by atoms with van der Waals surface area (Å²) in [5.74, 6) is 0.0390. The summed E-state index contributed by atoms with van der Waals surface area (Å²) in [6, 6.07) is 2.25. The Kier molecular flexibility index (Phi) is 7.78. The van der Waals surface area contributed by atoms with Crippen molar-refractivity contribution in [2.75, 3.05) is 19.6 Å². The Labute approximate surface area is 158 Å². The van der Waals surface area contributed by atoms with E-state index in [1.807, 2.05) is 21.7 Å². The van der Waals surface area contributed by atoms with Crippen molar-refractivity contribution in [3.8, 4) is 9.88 Å². The molecule has 0 saturated carbocycles. The van der Waals surface area contributed by atoms with Gasteiger partial charge in [0.25, 0.3) is 5.91 Å². The molecule has 0 radical (unpaired) electrons. The largest absolute Gasteiger partial charge is 0.332 e. The Morgan fingerprint density at radius 3 is 2.82 bits per heavy atom. The first-order valence-electron chi connectivity index (χ1n) is 6.37. The zero-order valence-corrected chi connectivity index (χ0v) is 16.6. The van der Waals surface area contributed by atoms with Crippen LogP contribution in [0.2, 0.25) is 0 Å². The van der Waals surface area contributed by atoms with Crippen LogP contribution in [0.15, 0.2) is 21.3 Å². The van der Waals surface area contributed by atoms with E-state index in [-0.39, 0.29) is 36.8 Å². The summed E-state index contributed by atoms with van der Waals surface area (Å²) in [4.78, 5) is 20.0. The number of thiophene rings is 1. The highest BCUT2D eigenvalue weighted by atomic mass is 79.9. The number of piperazine rings is 1. The van der Waals surface area contributed by atoms with Crippen LogP contribution in [-0.2, 0) is 0 Å².